The largest absolute Gasteiger partial charge is 0.357 e. The Balaban J connectivity index is 3.02. The van der Waals surface area contributed by atoms with E-state index in [4.69, 9.17) is 0 Å². The Labute approximate surface area is 66.6 Å². The standard InChI is InChI=1S/C7H14N4/c1-7(2,3)11-5-9-10-6(11)8-4/h5H,1-4H3,(H,8,10). The molecule has 1 rings (SSSR count). The molecule has 0 aliphatic rings. The Morgan fingerprint density at radius 3 is 2.45 bits per heavy atom. The van der Waals surface area contributed by atoms with Gasteiger partial charge in [-0.15, -0.1) is 10.2 Å². The first-order valence-corrected chi connectivity index (χ1v) is 3.64. The third-order valence-corrected chi connectivity index (χ3v) is 1.49. The van der Waals surface area contributed by atoms with Crippen molar-refractivity contribution in [2.24, 2.45) is 0 Å². The van der Waals surface area contributed by atoms with Crippen molar-refractivity contribution in [2.75, 3.05) is 12.4 Å². The zero-order valence-electron chi connectivity index (χ0n) is 7.42. The van der Waals surface area contributed by atoms with Gasteiger partial charge in [-0.1, -0.05) is 0 Å². The molecule has 0 aliphatic heterocycles. The first-order valence-electron chi connectivity index (χ1n) is 3.64. The van der Waals surface area contributed by atoms with Crippen LogP contribution in [0.4, 0.5) is 5.95 Å². The molecule has 0 saturated carbocycles. The average Bonchev–Trinajstić information content (AvgIpc) is 2.31. The molecule has 0 saturated heterocycles. The fraction of sp³-hybridized carbons (Fsp3) is 0.714. The summed E-state index contributed by atoms with van der Waals surface area (Å²) in [5.41, 5.74) is 0.0435. The van der Waals surface area contributed by atoms with Gasteiger partial charge in [-0.25, -0.2) is 0 Å². The number of nitrogens with one attached hydrogen (secondary N) is 1. The van der Waals surface area contributed by atoms with E-state index >= 15 is 0 Å². The first-order chi connectivity index (χ1) is 5.05. The quantitative estimate of drug-likeness (QED) is 0.658. The normalized spacial score (nSPS) is 11.6. The van der Waals surface area contributed by atoms with Gasteiger partial charge < -0.3 is 5.32 Å². The van der Waals surface area contributed by atoms with Gasteiger partial charge in [0.2, 0.25) is 5.95 Å². The van der Waals surface area contributed by atoms with Gasteiger partial charge in [-0.05, 0) is 20.8 Å². The summed E-state index contributed by atoms with van der Waals surface area (Å²) in [5, 5.41) is 10.7. The fourth-order valence-electron chi connectivity index (χ4n) is 0.896. The maximum Gasteiger partial charge on any atom is 0.224 e. The molecule has 0 fully saturated rings. The van der Waals surface area contributed by atoms with Crippen LogP contribution >= 0.6 is 0 Å². The van der Waals surface area contributed by atoms with Crippen LogP contribution in [0.25, 0.3) is 0 Å². The average molecular weight is 154 g/mol. The zero-order chi connectivity index (χ0) is 8.48. The van der Waals surface area contributed by atoms with Crippen LogP contribution in [0.1, 0.15) is 20.8 Å². The fourth-order valence-corrected chi connectivity index (χ4v) is 0.896. The van der Waals surface area contributed by atoms with E-state index < -0.39 is 0 Å². The highest BCUT2D eigenvalue weighted by molar-refractivity contribution is 5.23. The number of rotatable bonds is 1. The summed E-state index contributed by atoms with van der Waals surface area (Å²) in [6.07, 6.45) is 1.73. The predicted molar refractivity (Wildman–Crippen MR) is 44.6 cm³/mol. The van der Waals surface area contributed by atoms with Gasteiger partial charge in [-0.3, -0.25) is 4.57 Å². The molecule has 0 aromatic carbocycles. The van der Waals surface area contributed by atoms with Crippen molar-refractivity contribution >= 4 is 5.95 Å². The number of hydrogen-bond acceptors (Lipinski definition) is 3. The maximum absolute atomic E-state index is 3.90. The van der Waals surface area contributed by atoms with Crippen molar-refractivity contribution < 1.29 is 0 Å². The van der Waals surface area contributed by atoms with Crippen molar-refractivity contribution in [2.45, 2.75) is 26.3 Å². The van der Waals surface area contributed by atoms with Crippen LogP contribution in [0.3, 0.4) is 0 Å². The second-order valence-corrected chi connectivity index (χ2v) is 3.45. The van der Waals surface area contributed by atoms with E-state index in [2.05, 4.69) is 36.3 Å². The molecular formula is C7H14N4. The van der Waals surface area contributed by atoms with E-state index in [0.29, 0.717) is 0 Å². The molecular weight excluding hydrogens is 140 g/mol. The topological polar surface area (TPSA) is 42.7 Å². The SMILES string of the molecule is CNc1nncn1C(C)(C)C. The Bertz CT molecular complexity index is 233. The van der Waals surface area contributed by atoms with E-state index in [1.807, 2.05) is 11.6 Å². The smallest absolute Gasteiger partial charge is 0.224 e. The van der Waals surface area contributed by atoms with Crippen LogP contribution < -0.4 is 5.32 Å². The molecule has 0 spiro atoms. The van der Waals surface area contributed by atoms with Crippen molar-refractivity contribution in [3.63, 3.8) is 0 Å². The Hall–Kier alpha value is -1.06. The maximum atomic E-state index is 3.90. The van der Waals surface area contributed by atoms with Crippen LogP contribution in [-0.4, -0.2) is 21.8 Å². The van der Waals surface area contributed by atoms with Crippen LogP contribution in [0.2, 0.25) is 0 Å². The molecule has 0 aliphatic carbocycles. The van der Waals surface area contributed by atoms with Crippen LogP contribution in [0.5, 0.6) is 0 Å². The molecule has 0 atom stereocenters. The highest BCUT2D eigenvalue weighted by Gasteiger charge is 2.16. The van der Waals surface area contributed by atoms with Gasteiger partial charge in [0.25, 0.3) is 0 Å². The summed E-state index contributed by atoms with van der Waals surface area (Å²) in [4.78, 5) is 0. The van der Waals surface area contributed by atoms with E-state index in [0.717, 1.165) is 5.95 Å². The molecule has 1 heterocycles. The number of hydrogen-bond donors (Lipinski definition) is 1. The summed E-state index contributed by atoms with van der Waals surface area (Å²) in [6, 6.07) is 0. The lowest BCUT2D eigenvalue weighted by atomic mass is 10.1. The Kier molecular flexibility index (Phi) is 1.85. The molecule has 1 aromatic heterocycles. The van der Waals surface area contributed by atoms with E-state index in [9.17, 15) is 0 Å². The second kappa shape index (κ2) is 2.53. The summed E-state index contributed by atoms with van der Waals surface area (Å²) in [6.45, 7) is 6.32. The number of nitrogens with zero attached hydrogens (tertiary/aromatic N) is 3. The lowest BCUT2D eigenvalue weighted by Crippen LogP contribution is -2.22. The molecule has 0 radical (unpaired) electrons. The van der Waals surface area contributed by atoms with Crippen LogP contribution in [0.15, 0.2) is 6.33 Å². The van der Waals surface area contributed by atoms with Crippen molar-refractivity contribution in [1.29, 1.82) is 0 Å². The molecule has 0 unspecified atom stereocenters. The second-order valence-electron chi connectivity index (χ2n) is 3.45. The third kappa shape index (κ3) is 1.50. The summed E-state index contributed by atoms with van der Waals surface area (Å²) in [5.74, 6) is 0.803. The Morgan fingerprint density at radius 2 is 2.09 bits per heavy atom. The Morgan fingerprint density at radius 1 is 1.45 bits per heavy atom. The lowest BCUT2D eigenvalue weighted by Gasteiger charge is -2.21. The van der Waals surface area contributed by atoms with E-state index in [-0.39, 0.29) is 5.54 Å². The van der Waals surface area contributed by atoms with Gasteiger partial charge in [0.15, 0.2) is 0 Å². The first kappa shape index (κ1) is 8.04. The molecule has 11 heavy (non-hydrogen) atoms. The molecule has 4 nitrogen and oxygen atoms in total. The van der Waals surface area contributed by atoms with Gasteiger partial charge in [0.05, 0.1) is 0 Å². The molecule has 0 amide bonds. The lowest BCUT2D eigenvalue weighted by molar-refractivity contribution is 0.400. The zero-order valence-corrected chi connectivity index (χ0v) is 7.42. The van der Waals surface area contributed by atoms with Crippen LogP contribution in [0, 0.1) is 0 Å². The van der Waals surface area contributed by atoms with Crippen molar-refractivity contribution in [3.8, 4) is 0 Å². The predicted octanol–water partition coefficient (Wildman–Crippen LogP) is 1.07. The molecule has 1 aromatic rings. The monoisotopic (exact) mass is 154 g/mol. The van der Waals surface area contributed by atoms with Crippen molar-refractivity contribution in [3.05, 3.63) is 6.33 Å². The van der Waals surface area contributed by atoms with E-state index in [1.165, 1.54) is 0 Å². The molecule has 1 N–H and O–H groups in total. The molecule has 0 bridgehead atoms. The van der Waals surface area contributed by atoms with Gasteiger partial charge in [0, 0.05) is 12.6 Å². The van der Waals surface area contributed by atoms with E-state index in [1.54, 1.807) is 6.33 Å². The minimum Gasteiger partial charge on any atom is -0.357 e. The summed E-state index contributed by atoms with van der Waals surface area (Å²) in [7, 11) is 1.84. The number of aromatic nitrogens is 3. The third-order valence-electron chi connectivity index (χ3n) is 1.49. The number of anilines is 1. The van der Waals surface area contributed by atoms with Gasteiger partial charge in [0.1, 0.15) is 6.33 Å². The minimum atomic E-state index is 0.0435. The highest BCUT2D eigenvalue weighted by atomic mass is 15.3. The highest BCUT2D eigenvalue weighted by Crippen LogP contribution is 2.16. The van der Waals surface area contributed by atoms with Crippen LogP contribution in [-0.2, 0) is 5.54 Å². The minimum absolute atomic E-state index is 0.0435. The van der Waals surface area contributed by atoms with Crippen molar-refractivity contribution in [1.82, 2.24) is 14.8 Å². The molecule has 4 heteroatoms. The van der Waals surface area contributed by atoms with Gasteiger partial charge >= 0.3 is 0 Å². The summed E-state index contributed by atoms with van der Waals surface area (Å²) >= 11 is 0. The summed E-state index contributed by atoms with van der Waals surface area (Å²) < 4.78 is 1.99. The molecule has 62 valence electrons. The van der Waals surface area contributed by atoms with Gasteiger partial charge in [-0.2, -0.15) is 0 Å².